The SMILES string of the molecule is CCCN(C1CCNC1)S(=O)(=O)c1cc(Cl)c(OC)cc1Cl.Cl. The minimum Gasteiger partial charge on any atom is -0.495 e. The standard InChI is InChI=1S/C14H20Cl2N2O3S.ClH/c1-3-6-18(10-4-5-17-9-10)22(19,20)14-8-11(15)13(21-2)7-12(14)16;/h7-8,10,17H,3-6,9H2,1-2H3;1H. The van der Waals surface area contributed by atoms with E-state index in [0.29, 0.717) is 18.8 Å². The van der Waals surface area contributed by atoms with E-state index in [2.05, 4.69) is 5.32 Å². The van der Waals surface area contributed by atoms with Crippen LogP contribution in [0.15, 0.2) is 17.0 Å². The first-order valence-electron chi connectivity index (χ1n) is 7.17. The molecule has 5 nitrogen and oxygen atoms in total. The molecule has 132 valence electrons. The lowest BCUT2D eigenvalue weighted by molar-refractivity contribution is 0.335. The van der Waals surface area contributed by atoms with Gasteiger partial charge in [0, 0.05) is 25.2 Å². The van der Waals surface area contributed by atoms with Crippen molar-refractivity contribution in [1.29, 1.82) is 0 Å². The molecule has 2 rings (SSSR count). The first kappa shape index (κ1) is 20.8. The quantitative estimate of drug-likeness (QED) is 0.792. The van der Waals surface area contributed by atoms with Crippen molar-refractivity contribution >= 4 is 45.6 Å². The van der Waals surface area contributed by atoms with Crippen LogP contribution in [0.3, 0.4) is 0 Å². The molecule has 0 bridgehead atoms. The molecule has 0 spiro atoms. The maximum atomic E-state index is 13.0. The molecule has 0 aliphatic carbocycles. The Hall–Kier alpha value is -0.240. The van der Waals surface area contributed by atoms with Gasteiger partial charge in [-0.1, -0.05) is 30.1 Å². The molecule has 0 radical (unpaired) electrons. The first-order valence-corrected chi connectivity index (χ1v) is 9.37. The largest absolute Gasteiger partial charge is 0.495 e. The van der Waals surface area contributed by atoms with E-state index in [1.807, 2.05) is 6.92 Å². The molecule has 9 heteroatoms. The van der Waals surface area contributed by atoms with Gasteiger partial charge in [0.25, 0.3) is 0 Å². The topological polar surface area (TPSA) is 58.6 Å². The fourth-order valence-electron chi connectivity index (χ4n) is 2.60. The zero-order chi connectivity index (χ0) is 16.3. The number of ether oxygens (including phenoxy) is 1. The van der Waals surface area contributed by atoms with Crippen LogP contribution in [0.25, 0.3) is 0 Å². The predicted octanol–water partition coefficient (Wildman–Crippen LogP) is 3.19. The number of halogens is 3. The highest BCUT2D eigenvalue weighted by Crippen LogP contribution is 2.35. The van der Waals surface area contributed by atoms with E-state index in [4.69, 9.17) is 27.9 Å². The molecule has 1 saturated heterocycles. The fraction of sp³-hybridized carbons (Fsp3) is 0.571. The molecule has 1 N–H and O–H groups in total. The van der Waals surface area contributed by atoms with Gasteiger partial charge >= 0.3 is 0 Å². The summed E-state index contributed by atoms with van der Waals surface area (Å²) in [5.74, 6) is 0.357. The van der Waals surface area contributed by atoms with Gasteiger partial charge in [-0.05, 0) is 25.5 Å². The Balaban J connectivity index is 0.00000264. The Morgan fingerprint density at radius 1 is 1.35 bits per heavy atom. The number of nitrogens with one attached hydrogen (secondary N) is 1. The maximum Gasteiger partial charge on any atom is 0.244 e. The highest BCUT2D eigenvalue weighted by atomic mass is 35.5. The normalized spacial score (nSPS) is 18.0. The van der Waals surface area contributed by atoms with E-state index >= 15 is 0 Å². The first-order chi connectivity index (χ1) is 10.4. The summed E-state index contributed by atoms with van der Waals surface area (Å²) in [5, 5.41) is 3.54. The fourth-order valence-corrected chi connectivity index (χ4v) is 5.17. The zero-order valence-corrected chi connectivity index (χ0v) is 16.2. The van der Waals surface area contributed by atoms with Crippen LogP contribution in [-0.4, -0.2) is 45.5 Å². The van der Waals surface area contributed by atoms with Gasteiger partial charge < -0.3 is 10.1 Å². The molecule has 1 aromatic carbocycles. The van der Waals surface area contributed by atoms with Crippen molar-refractivity contribution in [3.63, 3.8) is 0 Å². The number of hydrogen-bond donors (Lipinski definition) is 1. The highest BCUT2D eigenvalue weighted by molar-refractivity contribution is 7.89. The van der Waals surface area contributed by atoms with Crippen LogP contribution < -0.4 is 10.1 Å². The molecule has 23 heavy (non-hydrogen) atoms. The average molecular weight is 404 g/mol. The van der Waals surface area contributed by atoms with E-state index in [0.717, 1.165) is 19.4 Å². The second-order valence-electron chi connectivity index (χ2n) is 5.18. The van der Waals surface area contributed by atoms with Crippen molar-refractivity contribution in [2.45, 2.75) is 30.7 Å². The Bertz CT molecular complexity index is 634. The van der Waals surface area contributed by atoms with Crippen LogP contribution in [0.1, 0.15) is 19.8 Å². The van der Waals surface area contributed by atoms with E-state index < -0.39 is 10.0 Å². The second-order valence-corrected chi connectivity index (χ2v) is 7.85. The molecule has 1 aliphatic rings. The van der Waals surface area contributed by atoms with Gasteiger partial charge in [-0.2, -0.15) is 4.31 Å². The highest BCUT2D eigenvalue weighted by Gasteiger charge is 2.34. The molecular formula is C14H21Cl3N2O3S. The molecule has 0 aromatic heterocycles. The van der Waals surface area contributed by atoms with Crippen molar-refractivity contribution in [1.82, 2.24) is 9.62 Å². The third-order valence-corrected chi connectivity index (χ3v) is 6.39. The van der Waals surface area contributed by atoms with Gasteiger partial charge in [0.15, 0.2) is 0 Å². The Morgan fingerprint density at radius 3 is 2.57 bits per heavy atom. The molecule has 1 fully saturated rings. The Labute approximate surface area is 153 Å². The van der Waals surface area contributed by atoms with Crippen LogP contribution in [0.5, 0.6) is 5.75 Å². The lowest BCUT2D eigenvalue weighted by atomic mass is 10.2. The average Bonchev–Trinajstić information content (AvgIpc) is 3.00. The lowest BCUT2D eigenvalue weighted by Crippen LogP contribution is -2.42. The van der Waals surface area contributed by atoms with Crippen molar-refractivity contribution in [2.75, 3.05) is 26.7 Å². The monoisotopic (exact) mass is 402 g/mol. The van der Waals surface area contributed by atoms with E-state index in [1.165, 1.54) is 23.5 Å². The molecule has 1 aliphatic heterocycles. The third-order valence-electron chi connectivity index (χ3n) is 3.68. The molecule has 1 unspecified atom stereocenters. The summed E-state index contributed by atoms with van der Waals surface area (Å²) < 4.78 is 32.6. The van der Waals surface area contributed by atoms with Crippen molar-refractivity contribution < 1.29 is 13.2 Å². The van der Waals surface area contributed by atoms with Crippen molar-refractivity contribution in [2.24, 2.45) is 0 Å². The molecule has 1 aromatic rings. The van der Waals surface area contributed by atoms with E-state index in [1.54, 1.807) is 0 Å². The lowest BCUT2D eigenvalue weighted by Gasteiger charge is -2.27. The van der Waals surface area contributed by atoms with Crippen LogP contribution >= 0.6 is 35.6 Å². The summed E-state index contributed by atoms with van der Waals surface area (Å²) in [6, 6.07) is 2.75. The number of methoxy groups -OCH3 is 1. The zero-order valence-electron chi connectivity index (χ0n) is 13.0. The van der Waals surface area contributed by atoms with Crippen LogP contribution in [0, 0.1) is 0 Å². The Kier molecular flexibility index (Phi) is 7.90. The van der Waals surface area contributed by atoms with Gasteiger partial charge in [-0.15, -0.1) is 12.4 Å². The van der Waals surface area contributed by atoms with E-state index in [-0.39, 0.29) is 33.4 Å². The summed E-state index contributed by atoms with van der Waals surface area (Å²) >= 11 is 12.2. The van der Waals surface area contributed by atoms with Gasteiger partial charge in [0.2, 0.25) is 10.0 Å². The summed E-state index contributed by atoms with van der Waals surface area (Å²) in [6.07, 6.45) is 1.53. The van der Waals surface area contributed by atoms with Crippen LogP contribution in [0.2, 0.25) is 10.0 Å². The Morgan fingerprint density at radius 2 is 2.04 bits per heavy atom. The molecule has 1 atom stereocenters. The summed E-state index contributed by atoms with van der Waals surface area (Å²) in [7, 11) is -2.25. The summed E-state index contributed by atoms with van der Waals surface area (Å²) in [4.78, 5) is 0.0281. The van der Waals surface area contributed by atoms with Gasteiger partial charge in [0.05, 0.1) is 17.2 Å². The smallest absolute Gasteiger partial charge is 0.244 e. The van der Waals surface area contributed by atoms with Gasteiger partial charge in [-0.3, -0.25) is 0 Å². The number of rotatable bonds is 6. The molecule has 0 saturated carbocycles. The van der Waals surface area contributed by atoms with Gasteiger partial charge in [-0.25, -0.2) is 8.42 Å². The third kappa shape index (κ3) is 4.44. The van der Waals surface area contributed by atoms with E-state index in [9.17, 15) is 8.42 Å². The van der Waals surface area contributed by atoms with Crippen LogP contribution in [-0.2, 0) is 10.0 Å². The maximum absolute atomic E-state index is 13.0. The number of hydrogen-bond acceptors (Lipinski definition) is 4. The second kappa shape index (κ2) is 8.74. The number of nitrogens with zero attached hydrogens (tertiary/aromatic N) is 1. The predicted molar refractivity (Wildman–Crippen MR) is 95.7 cm³/mol. The summed E-state index contributed by atoms with van der Waals surface area (Å²) in [5.41, 5.74) is 0. The molecular weight excluding hydrogens is 383 g/mol. The van der Waals surface area contributed by atoms with Crippen molar-refractivity contribution in [3.8, 4) is 5.75 Å². The van der Waals surface area contributed by atoms with Crippen molar-refractivity contribution in [3.05, 3.63) is 22.2 Å². The van der Waals surface area contributed by atoms with Gasteiger partial charge in [0.1, 0.15) is 10.6 Å². The molecule has 0 amide bonds. The summed E-state index contributed by atoms with van der Waals surface area (Å²) in [6.45, 7) is 3.88. The number of benzene rings is 1. The number of sulfonamides is 1. The van der Waals surface area contributed by atoms with Crippen LogP contribution in [0.4, 0.5) is 0 Å². The molecule has 1 heterocycles. The minimum atomic E-state index is -3.70. The minimum absolute atomic E-state index is 0.